The molecule has 0 aromatic rings. The van der Waals surface area contributed by atoms with Gasteiger partial charge in [0.25, 0.3) is 0 Å². The van der Waals surface area contributed by atoms with Gasteiger partial charge in [-0.25, -0.2) is 0 Å². The van der Waals surface area contributed by atoms with Gasteiger partial charge in [0.05, 0.1) is 5.57 Å². The zero-order valence-electron chi connectivity index (χ0n) is 4.64. The number of hydrogen-bond acceptors (Lipinski definition) is 3. The molecule has 3 N–H and O–H groups in total. The predicted molar refractivity (Wildman–Crippen MR) is 31.7 cm³/mol. The van der Waals surface area contributed by atoms with E-state index in [2.05, 4.69) is 0 Å². The maximum Gasteiger partial charge on any atom is 0.162 e. The third kappa shape index (κ3) is 1.55. The molecule has 44 valence electrons. The third-order valence-corrected chi connectivity index (χ3v) is 0.742. The third-order valence-electron chi connectivity index (χ3n) is 0.742. The maximum atomic E-state index is 10.3. The zero-order chi connectivity index (χ0) is 6.57. The van der Waals surface area contributed by atoms with Crippen molar-refractivity contribution in [3.05, 3.63) is 11.8 Å². The van der Waals surface area contributed by atoms with Gasteiger partial charge in [-0.1, -0.05) is 0 Å². The highest BCUT2D eigenvalue weighted by Crippen LogP contribution is 1.85. The molecule has 0 unspecified atom stereocenters. The molecule has 0 aliphatic rings. The summed E-state index contributed by atoms with van der Waals surface area (Å²) >= 11 is 0. The first kappa shape index (κ1) is 6.88. The molecule has 0 aromatic heterocycles. The first-order valence-electron chi connectivity index (χ1n) is 2.15. The Balaban J connectivity index is 4.13. The number of carbonyl (C=O) groups excluding carboxylic acids is 1. The van der Waals surface area contributed by atoms with Crippen molar-refractivity contribution in [3.8, 4) is 0 Å². The van der Waals surface area contributed by atoms with Gasteiger partial charge >= 0.3 is 0 Å². The molecule has 0 amide bonds. The molecule has 0 radical (unpaired) electrons. The van der Waals surface area contributed by atoms with E-state index in [0.29, 0.717) is 0 Å². The number of nitrogens with two attached hydrogens (primary N) is 1. The van der Waals surface area contributed by atoms with E-state index in [0.717, 1.165) is 12.4 Å². The van der Waals surface area contributed by atoms with Crippen LogP contribution < -0.4 is 5.73 Å². The quantitative estimate of drug-likeness (QED) is 0.392. The predicted octanol–water partition coefficient (Wildman–Crippen LogP) is 0.0676. The molecule has 0 spiro atoms. The summed E-state index contributed by atoms with van der Waals surface area (Å²) in [6, 6.07) is 0. The van der Waals surface area contributed by atoms with Crippen LogP contribution in [0.3, 0.4) is 0 Å². The molecule has 0 heterocycles. The zero-order valence-corrected chi connectivity index (χ0v) is 4.64. The second kappa shape index (κ2) is 2.96. The van der Waals surface area contributed by atoms with E-state index in [4.69, 9.17) is 11.1 Å². The Kier molecular flexibility index (Phi) is 2.54. The molecule has 0 aromatic carbocycles. The monoisotopic (exact) mass is 112 g/mol. The molecule has 0 rings (SSSR count). The number of ketones is 1. The highest BCUT2D eigenvalue weighted by molar-refractivity contribution is 6.11. The molecule has 0 atom stereocenters. The summed E-state index contributed by atoms with van der Waals surface area (Å²) in [5.74, 6) is -0.178. The summed E-state index contributed by atoms with van der Waals surface area (Å²) in [5.41, 5.74) is 5.19. The van der Waals surface area contributed by atoms with Gasteiger partial charge in [-0.05, 0) is 6.92 Å². The molecule has 0 aliphatic carbocycles. The van der Waals surface area contributed by atoms with Crippen LogP contribution in [0.25, 0.3) is 0 Å². The van der Waals surface area contributed by atoms with Crippen LogP contribution >= 0.6 is 0 Å². The van der Waals surface area contributed by atoms with Gasteiger partial charge in [0.1, 0.15) is 0 Å². The maximum absolute atomic E-state index is 10.3. The Hall–Kier alpha value is -1.12. The molecule has 0 saturated heterocycles. The van der Waals surface area contributed by atoms with Gasteiger partial charge in [0, 0.05) is 12.4 Å². The fraction of sp³-hybridized carbons (Fsp3) is 0.200. The van der Waals surface area contributed by atoms with Crippen molar-refractivity contribution in [2.75, 3.05) is 0 Å². The summed E-state index contributed by atoms with van der Waals surface area (Å²) in [6.07, 6.45) is 2.05. The average molecular weight is 112 g/mol. The lowest BCUT2D eigenvalue weighted by molar-refractivity contribution is -0.113. The van der Waals surface area contributed by atoms with Crippen LogP contribution in [0.5, 0.6) is 0 Å². The first-order chi connectivity index (χ1) is 3.72. The van der Waals surface area contributed by atoms with Crippen LogP contribution in [0.1, 0.15) is 6.92 Å². The summed E-state index contributed by atoms with van der Waals surface area (Å²) in [6.45, 7) is 1.36. The van der Waals surface area contributed by atoms with Crippen molar-refractivity contribution in [1.29, 1.82) is 5.41 Å². The van der Waals surface area contributed by atoms with Crippen LogP contribution in [0, 0.1) is 5.41 Å². The van der Waals surface area contributed by atoms with Crippen molar-refractivity contribution in [1.82, 2.24) is 0 Å². The topological polar surface area (TPSA) is 66.9 Å². The van der Waals surface area contributed by atoms with E-state index in [9.17, 15) is 4.79 Å². The molecule has 0 fully saturated rings. The lowest BCUT2D eigenvalue weighted by Gasteiger charge is -1.86. The lowest BCUT2D eigenvalue weighted by Crippen LogP contribution is -1.99. The largest absolute Gasteiger partial charge is 0.404 e. The van der Waals surface area contributed by atoms with Gasteiger partial charge < -0.3 is 11.1 Å². The Morgan fingerprint density at radius 1 is 1.75 bits per heavy atom. The smallest absolute Gasteiger partial charge is 0.162 e. The van der Waals surface area contributed by atoms with Crippen molar-refractivity contribution in [2.45, 2.75) is 6.92 Å². The molecule has 0 saturated carbocycles. The summed E-state index contributed by atoms with van der Waals surface area (Å²) in [7, 11) is 0. The van der Waals surface area contributed by atoms with E-state index in [-0.39, 0.29) is 11.4 Å². The summed E-state index contributed by atoms with van der Waals surface area (Å²) < 4.78 is 0. The minimum absolute atomic E-state index is 0.178. The number of rotatable bonds is 2. The van der Waals surface area contributed by atoms with Gasteiger partial charge in [0.2, 0.25) is 0 Å². The number of carbonyl (C=O) groups is 1. The SMILES string of the molecule is CC(=O)/C(C=N)=C/N. The Morgan fingerprint density at radius 3 is 2.25 bits per heavy atom. The molecule has 0 bridgehead atoms. The molecular formula is C5H8N2O. The van der Waals surface area contributed by atoms with Crippen molar-refractivity contribution < 1.29 is 4.79 Å². The highest BCUT2D eigenvalue weighted by Gasteiger charge is 1.94. The van der Waals surface area contributed by atoms with Crippen molar-refractivity contribution >= 4 is 12.0 Å². The Labute approximate surface area is 47.7 Å². The average Bonchev–Trinajstić information content (AvgIpc) is 1.69. The number of hydrogen-bond donors (Lipinski definition) is 2. The molecule has 0 aliphatic heterocycles. The van der Waals surface area contributed by atoms with E-state index in [1.165, 1.54) is 6.92 Å². The van der Waals surface area contributed by atoms with Crippen LogP contribution in [0.2, 0.25) is 0 Å². The van der Waals surface area contributed by atoms with Crippen molar-refractivity contribution in [2.24, 2.45) is 5.73 Å². The molecular weight excluding hydrogens is 104 g/mol. The lowest BCUT2D eigenvalue weighted by atomic mass is 10.2. The minimum Gasteiger partial charge on any atom is -0.404 e. The van der Waals surface area contributed by atoms with E-state index >= 15 is 0 Å². The second-order valence-electron chi connectivity index (χ2n) is 1.32. The molecule has 8 heavy (non-hydrogen) atoms. The van der Waals surface area contributed by atoms with Crippen LogP contribution in [-0.4, -0.2) is 12.0 Å². The Bertz CT molecular complexity index is 137. The minimum atomic E-state index is -0.178. The number of allylic oxidation sites excluding steroid dienone is 1. The fourth-order valence-corrected chi connectivity index (χ4v) is 0.267. The van der Waals surface area contributed by atoms with Crippen LogP contribution in [0.4, 0.5) is 0 Å². The van der Waals surface area contributed by atoms with Crippen LogP contribution in [-0.2, 0) is 4.79 Å². The van der Waals surface area contributed by atoms with Gasteiger partial charge in [-0.15, -0.1) is 0 Å². The fourth-order valence-electron chi connectivity index (χ4n) is 0.267. The van der Waals surface area contributed by atoms with E-state index < -0.39 is 0 Å². The summed E-state index contributed by atoms with van der Waals surface area (Å²) in [5, 5.41) is 6.60. The van der Waals surface area contributed by atoms with Gasteiger partial charge in [-0.3, -0.25) is 4.79 Å². The molecule has 3 nitrogen and oxygen atoms in total. The second-order valence-corrected chi connectivity index (χ2v) is 1.32. The van der Waals surface area contributed by atoms with Crippen molar-refractivity contribution in [3.63, 3.8) is 0 Å². The van der Waals surface area contributed by atoms with Gasteiger partial charge in [-0.2, -0.15) is 0 Å². The summed E-state index contributed by atoms with van der Waals surface area (Å²) in [4.78, 5) is 10.3. The number of Topliss-reactive ketones (excluding diaryl/α,β-unsaturated/α-hetero) is 1. The normalized spacial score (nSPS) is 10.9. The number of nitrogens with one attached hydrogen (secondary N) is 1. The van der Waals surface area contributed by atoms with Crippen LogP contribution in [0.15, 0.2) is 11.8 Å². The highest BCUT2D eigenvalue weighted by atomic mass is 16.1. The first-order valence-corrected chi connectivity index (χ1v) is 2.15. The molecule has 3 heteroatoms. The Morgan fingerprint density at radius 2 is 2.25 bits per heavy atom. The van der Waals surface area contributed by atoms with E-state index in [1.807, 2.05) is 0 Å². The standard InChI is InChI=1S/C5H8N2O/c1-4(8)5(2-6)3-7/h2-3,6H,7H2,1H3/b5-3+,6-2?. The van der Waals surface area contributed by atoms with E-state index in [1.54, 1.807) is 0 Å². The van der Waals surface area contributed by atoms with Gasteiger partial charge in [0.15, 0.2) is 5.78 Å².